The van der Waals surface area contributed by atoms with Gasteiger partial charge >= 0.3 is 5.97 Å². The predicted octanol–water partition coefficient (Wildman–Crippen LogP) is 3.10. The number of nitrogens with one attached hydrogen (secondary N) is 1. The van der Waals surface area contributed by atoms with Crippen molar-refractivity contribution in [2.45, 2.75) is 59.9 Å². The topological polar surface area (TPSA) is 98.5 Å². The third kappa shape index (κ3) is 5.45. The zero-order valence-corrected chi connectivity index (χ0v) is 18.7. The van der Waals surface area contributed by atoms with E-state index in [4.69, 9.17) is 4.74 Å². The van der Waals surface area contributed by atoms with E-state index in [2.05, 4.69) is 20.4 Å². The Morgan fingerprint density at radius 1 is 1.10 bits per heavy atom. The molecule has 2 heterocycles. The number of benzene rings is 1. The van der Waals surface area contributed by atoms with Gasteiger partial charge in [0.25, 0.3) is 5.78 Å². The van der Waals surface area contributed by atoms with Crippen LogP contribution in [0.1, 0.15) is 59.7 Å². The normalized spacial score (nSPS) is 12.0. The maximum atomic E-state index is 12.8. The molecular formula is C23H29N5O3. The van der Waals surface area contributed by atoms with Crippen LogP contribution < -0.4 is 5.32 Å². The number of carbonyl (C=O) groups excluding carboxylic acids is 2. The average Bonchev–Trinajstić information content (AvgIpc) is 3.08. The summed E-state index contributed by atoms with van der Waals surface area (Å²) >= 11 is 0. The number of aryl methyl sites for hydroxylation is 4. The van der Waals surface area contributed by atoms with Crippen LogP contribution in [-0.2, 0) is 20.7 Å². The van der Waals surface area contributed by atoms with Crippen LogP contribution in [0, 0.1) is 27.7 Å². The highest BCUT2D eigenvalue weighted by atomic mass is 16.5. The van der Waals surface area contributed by atoms with E-state index in [1.807, 2.05) is 52.0 Å². The maximum absolute atomic E-state index is 12.8. The van der Waals surface area contributed by atoms with E-state index in [1.165, 1.54) is 0 Å². The molecule has 3 rings (SSSR count). The first-order valence-electron chi connectivity index (χ1n) is 10.5. The number of hydrogen-bond donors (Lipinski definition) is 1. The lowest BCUT2D eigenvalue weighted by molar-refractivity contribution is -0.143. The summed E-state index contributed by atoms with van der Waals surface area (Å²) in [5.41, 5.74) is 4.73. The minimum atomic E-state index is -0.437. The molecule has 1 aromatic carbocycles. The Kier molecular flexibility index (Phi) is 6.99. The van der Waals surface area contributed by atoms with Crippen molar-refractivity contribution in [3.8, 4) is 0 Å². The molecule has 0 unspecified atom stereocenters. The summed E-state index contributed by atoms with van der Waals surface area (Å²) < 4.78 is 6.80. The molecule has 0 bridgehead atoms. The van der Waals surface area contributed by atoms with Crippen LogP contribution in [0.3, 0.4) is 0 Å². The van der Waals surface area contributed by atoms with Gasteiger partial charge in [-0.1, -0.05) is 29.8 Å². The summed E-state index contributed by atoms with van der Waals surface area (Å²) in [4.78, 5) is 33.7. The zero-order valence-electron chi connectivity index (χ0n) is 18.7. The molecule has 0 saturated heterocycles. The Morgan fingerprint density at radius 2 is 1.81 bits per heavy atom. The molecule has 0 radical (unpaired) electrons. The summed E-state index contributed by atoms with van der Waals surface area (Å²) in [6.45, 7) is 9.77. The maximum Gasteiger partial charge on any atom is 0.308 e. The number of esters is 1. The van der Waals surface area contributed by atoms with Crippen LogP contribution in [0.5, 0.6) is 0 Å². The van der Waals surface area contributed by atoms with Crippen molar-refractivity contribution in [1.82, 2.24) is 24.9 Å². The van der Waals surface area contributed by atoms with Gasteiger partial charge in [0, 0.05) is 17.8 Å². The van der Waals surface area contributed by atoms with Crippen molar-refractivity contribution in [2.75, 3.05) is 6.61 Å². The lowest BCUT2D eigenvalue weighted by Crippen LogP contribution is -2.31. The molecule has 0 saturated carbocycles. The smallest absolute Gasteiger partial charge is 0.308 e. The number of fused-ring (bicyclic) bond motifs is 1. The van der Waals surface area contributed by atoms with E-state index in [1.54, 1.807) is 11.4 Å². The lowest BCUT2D eigenvalue weighted by Gasteiger charge is -2.19. The van der Waals surface area contributed by atoms with E-state index in [0.29, 0.717) is 24.6 Å². The van der Waals surface area contributed by atoms with Crippen LogP contribution in [0.2, 0.25) is 0 Å². The van der Waals surface area contributed by atoms with Crippen LogP contribution in [0.25, 0.3) is 5.78 Å². The predicted molar refractivity (Wildman–Crippen MR) is 117 cm³/mol. The van der Waals surface area contributed by atoms with Crippen molar-refractivity contribution in [2.24, 2.45) is 0 Å². The molecule has 0 aliphatic heterocycles. The van der Waals surface area contributed by atoms with Crippen LogP contribution in [0.15, 0.2) is 24.3 Å². The zero-order chi connectivity index (χ0) is 22.5. The molecule has 0 spiro atoms. The monoisotopic (exact) mass is 423 g/mol. The standard InChI is InChI=1S/C23H29N5O3/c1-6-31-22(30)13-20(18-9-7-14(2)8-10-18)26-21(29)12-11-19-15(3)24-23-25-17(5)27-28(23)16(19)4/h7-10,20H,6,11-13H2,1-5H3,(H,26,29)/t20-/m1/s1. The highest BCUT2D eigenvalue weighted by molar-refractivity contribution is 5.78. The minimum absolute atomic E-state index is 0.0897. The number of carbonyl (C=O) groups is 2. The van der Waals surface area contributed by atoms with Gasteiger partial charge in [-0.15, -0.1) is 0 Å². The Hall–Kier alpha value is -3.29. The second kappa shape index (κ2) is 9.68. The van der Waals surface area contributed by atoms with Gasteiger partial charge in [0.2, 0.25) is 5.91 Å². The van der Waals surface area contributed by atoms with Gasteiger partial charge in [-0.2, -0.15) is 10.1 Å². The first kappa shape index (κ1) is 22.4. The Morgan fingerprint density at radius 3 is 2.48 bits per heavy atom. The molecule has 8 heteroatoms. The summed E-state index contributed by atoms with van der Waals surface area (Å²) in [6, 6.07) is 7.35. The minimum Gasteiger partial charge on any atom is -0.466 e. The summed E-state index contributed by atoms with van der Waals surface area (Å²) in [5, 5.41) is 7.38. The molecule has 0 aliphatic rings. The van der Waals surface area contributed by atoms with Gasteiger partial charge in [0.05, 0.1) is 19.1 Å². The fourth-order valence-electron chi connectivity index (χ4n) is 3.61. The van der Waals surface area contributed by atoms with Gasteiger partial charge < -0.3 is 10.1 Å². The molecule has 8 nitrogen and oxygen atoms in total. The number of rotatable bonds is 8. The van der Waals surface area contributed by atoms with E-state index in [-0.39, 0.29) is 24.7 Å². The lowest BCUT2D eigenvalue weighted by atomic mass is 10.0. The van der Waals surface area contributed by atoms with E-state index in [9.17, 15) is 9.59 Å². The number of nitrogens with zero attached hydrogens (tertiary/aromatic N) is 4. The third-order valence-corrected chi connectivity index (χ3v) is 5.25. The Labute approximate surface area is 182 Å². The molecule has 1 amide bonds. The Balaban J connectivity index is 1.72. The van der Waals surface area contributed by atoms with Crippen molar-refractivity contribution >= 4 is 17.7 Å². The molecule has 31 heavy (non-hydrogen) atoms. The molecule has 1 atom stereocenters. The van der Waals surface area contributed by atoms with Crippen LogP contribution >= 0.6 is 0 Å². The van der Waals surface area contributed by atoms with Crippen molar-refractivity contribution in [3.63, 3.8) is 0 Å². The second-order valence-electron chi connectivity index (χ2n) is 7.67. The summed E-state index contributed by atoms with van der Waals surface area (Å²) in [6.07, 6.45) is 0.881. The van der Waals surface area contributed by atoms with Gasteiger partial charge in [-0.3, -0.25) is 9.59 Å². The largest absolute Gasteiger partial charge is 0.466 e. The first-order chi connectivity index (χ1) is 14.8. The van der Waals surface area contributed by atoms with Gasteiger partial charge in [-0.25, -0.2) is 9.50 Å². The highest BCUT2D eigenvalue weighted by Crippen LogP contribution is 2.20. The number of ether oxygens (including phenoxy) is 1. The number of aromatic nitrogens is 4. The van der Waals surface area contributed by atoms with Crippen LogP contribution in [-0.4, -0.2) is 38.1 Å². The second-order valence-corrected chi connectivity index (χ2v) is 7.67. The molecule has 0 aliphatic carbocycles. The molecule has 2 aromatic heterocycles. The fourth-order valence-corrected chi connectivity index (χ4v) is 3.61. The van der Waals surface area contributed by atoms with Crippen molar-refractivity contribution < 1.29 is 14.3 Å². The average molecular weight is 424 g/mol. The molecular weight excluding hydrogens is 394 g/mol. The third-order valence-electron chi connectivity index (χ3n) is 5.25. The van der Waals surface area contributed by atoms with E-state index >= 15 is 0 Å². The number of hydrogen-bond acceptors (Lipinski definition) is 6. The van der Waals surface area contributed by atoms with E-state index in [0.717, 1.165) is 28.1 Å². The quantitative estimate of drug-likeness (QED) is 0.559. The number of amides is 1. The van der Waals surface area contributed by atoms with Gasteiger partial charge in [0.15, 0.2) is 0 Å². The Bertz CT molecular complexity index is 1090. The first-order valence-corrected chi connectivity index (χ1v) is 10.5. The molecule has 1 N–H and O–H groups in total. The van der Waals surface area contributed by atoms with Crippen molar-refractivity contribution in [3.05, 3.63) is 58.2 Å². The van der Waals surface area contributed by atoms with E-state index < -0.39 is 6.04 Å². The summed E-state index contributed by atoms with van der Waals surface area (Å²) in [7, 11) is 0. The van der Waals surface area contributed by atoms with Gasteiger partial charge in [0.1, 0.15) is 5.82 Å². The SMILES string of the molecule is CCOC(=O)C[C@@H](NC(=O)CCc1c(C)nc2nc(C)nn2c1C)c1ccc(C)cc1. The van der Waals surface area contributed by atoms with Gasteiger partial charge in [-0.05, 0) is 52.2 Å². The van der Waals surface area contributed by atoms with Crippen molar-refractivity contribution in [1.29, 1.82) is 0 Å². The fraction of sp³-hybridized carbons (Fsp3) is 0.435. The molecule has 0 fully saturated rings. The molecule has 3 aromatic rings. The highest BCUT2D eigenvalue weighted by Gasteiger charge is 2.20. The van der Waals surface area contributed by atoms with Crippen LogP contribution in [0.4, 0.5) is 0 Å². The summed E-state index contributed by atoms with van der Waals surface area (Å²) in [5.74, 6) is 0.749. The molecule has 164 valence electrons.